The Kier molecular flexibility index (Phi) is 6.27. The van der Waals surface area contributed by atoms with E-state index in [0.717, 1.165) is 18.1 Å². The predicted molar refractivity (Wildman–Crippen MR) is 83.9 cm³/mol. The fraction of sp³-hybridized carbons (Fsp3) is 0.400. The van der Waals surface area contributed by atoms with Crippen molar-refractivity contribution in [2.24, 2.45) is 0 Å². The number of nitrogens with one attached hydrogen (secondary N) is 1. The van der Waals surface area contributed by atoms with Crippen molar-refractivity contribution in [3.8, 4) is 10.6 Å². The van der Waals surface area contributed by atoms with Crippen LogP contribution < -0.4 is 5.32 Å². The van der Waals surface area contributed by atoms with Crippen LogP contribution in [0.3, 0.4) is 0 Å². The second-order valence-corrected chi connectivity index (χ2v) is 6.15. The Morgan fingerprint density at radius 2 is 1.75 bits per heavy atom. The molecule has 1 fully saturated rings. The molecule has 1 aliphatic rings. The summed E-state index contributed by atoms with van der Waals surface area (Å²) in [5.74, 6) is -2.15. The normalized spacial score (nSPS) is 15.5. The van der Waals surface area contributed by atoms with Gasteiger partial charge in [-0.15, -0.1) is 10.2 Å². The van der Waals surface area contributed by atoms with Crippen LogP contribution >= 0.6 is 11.3 Å². The Morgan fingerprint density at radius 1 is 1.17 bits per heavy atom. The van der Waals surface area contributed by atoms with Gasteiger partial charge in [0.2, 0.25) is 0 Å². The van der Waals surface area contributed by atoms with E-state index >= 15 is 0 Å². The summed E-state index contributed by atoms with van der Waals surface area (Å²) in [6, 6.07) is 10.3. The van der Waals surface area contributed by atoms with Crippen LogP contribution in [0.4, 0.5) is 13.2 Å². The summed E-state index contributed by atoms with van der Waals surface area (Å²) < 4.78 is 31.7. The number of aliphatic carboxylic acids is 1. The summed E-state index contributed by atoms with van der Waals surface area (Å²) in [6.45, 7) is 2.20. The third kappa shape index (κ3) is 5.27. The largest absolute Gasteiger partial charge is 0.490 e. The van der Waals surface area contributed by atoms with E-state index in [1.807, 2.05) is 18.2 Å². The van der Waals surface area contributed by atoms with E-state index in [4.69, 9.17) is 9.90 Å². The van der Waals surface area contributed by atoms with Gasteiger partial charge in [0.05, 0.1) is 0 Å². The minimum Gasteiger partial charge on any atom is -0.475 e. The monoisotopic (exact) mass is 359 g/mol. The van der Waals surface area contributed by atoms with Crippen molar-refractivity contribution in [2.45, 2.75) is 24.9 Å². The quantitative estimate of drug-likeness (QED) is 0.860. The van der Waals surface area contributed by atoms with Gasteiger partial charge in [0.25, 0.3) is 0 Å². The molecule has 9 heteroatoms. The first-order valence-corrected chi connectivity index (χ1v) is 8.09. The zero-order valence-electron chi connectivity index (χ0n) is 12.6. The number of halogens is 3. The van der Waals surface area contributed by atoms with Gasteiger partial charge in [-0.05, 0) is 25.9 Å². The van der Waals surface area contributed by atoms with Crippen LogP contribution in [0.25, 0.3) is 10.6 Å². The molecule has 1 saturated heterocycles. The minimum atomic E-state index is -5.08. The molecule has 0 spiro atoms. The van der Waals surface area contributed by atoms with Gasteiger partial charge >= 0.3 is 12.1 Å². The third-order valence-corrected chi connectivity index (χ3v) is 4.53. The molecule has 1 aliphatic heterocycles. The molecule has 1 aromatic carbocycles. The Bertz CT molecular complexity index is 655. The zero-order chi connectivity index (χ0) is 17.6. The van der Waals surface area contributed by atoms with Crippen molar-refractivity contribution >= 4 is 17.3 Å². The Labute approximate surface area is 140 Å². The average molecular weight is 359 g/mol. The van der Waals surface area contributed by atoms with E-state index in [0.29, 0.717) is 5.92 Å². The van der Waals surface area contributed by atoms with Crippen molar-refractivity contribution in [3.05, 3.63) is 35.3 Å². The van der Waals surface area contributed by atoms with Gasteiger partial charge in [-0.1, -0.05) is 41.7 Å². The number of carbonyl (C=O) groups is 1. The predicted octanol–water partition coefficient (Wildman–Crippen LogP) is 3.31. The van der Waals surface area contributed by atoms with E-state index < -0.39 is 12.1 Å². The smallest absolute Gasteiger partial charge is 0.475 e. The zero-order valence-corrected chi connectivity index (χ0v) is 13.4. The lowest BCUT2D eigenvalue weighted by Gasteiger charge is -2.19. The molecular formula is C15H16F3N3O2S. The lowest BCUT2D eigenvalue weighted by atomic mass is 9.99. The van der Waals surface area contributed by atoms with Crippen molar-refractivity contribution in [1.82, 2.24) is 15.5 Å². The molecule has 0 saturated carbocycles. The van der Waals surface area contributed by atoms with Crippen molar-refractivity contribution in [3.63, 3.8) is 0 Å². The number of carboxylic acid groups (broad SMARTS) is 1. The van der Waals surface area contributed by atoms with Crippen molar-refractivity contribution in [2.75, 3.05) is 13.1 Å². The first-order valence-electron chi connectivity index (χ1n) is 7.27. The van der Waals surface area contributed by atoms with E-state index in [9.17, 15) is 13.2 Å². The average Bonchev–Trinajstić information content (AvgIpc) is 3.06. The number of benzene rings is 1. The van der Waals surface area contributed by atoms with E-state index in [1.165, 1.54) is 23.4 Å². The topological polar surface area (TPSA) is 75.1 Å². The summed E-state index contributed by atoms with van der Waals surface area (Å²) in [5, 5.41) is 21.4. The highest BCUT2D eigenvalue weighted by molar-refractivity contribution is 7.14. The Hall–Kier alpha value is -2.00. The molecule has 130 valence electrons. The molecule has 1 aromatic heterocycles. The standard InChI is InChI=1S/C13H15N3S.C2HF3O2/c1-2-4-10(5-3-1)12-15-16-13(17-12)11-6-8-14-9-7-11;3-2(4,5)1(6)7/h1-5,11,14H,6-9H2;(H,6,7). The van der Waals surface area contributed by atoms with Gasteiger partial charge in [-0.3, -0.25) is 0 Å². The lowest BCUT2D eigenvalue weighted by Crippen LogP contribution is -2.26. The van der Waals surface area contributed by atoms with E-state index in [1.54, 1.807) is 11.3 Å². The number of nitrogens with zero attached hydrogens (tertiary/aromatic N) is 2. The molecule has 2 heterocycles. The molecule has 0 bridgehead atoms. The summed E-state index contributed by atoms with van der Waals surface area (Å²) in [7, 11) is 0. The van der Waals surface area contributed by atoms with Gasteiger partial charge in [0.15, 0.2) is 0 Å². The van der Waals surface area contributed by atoms with Crippen LogP contribution in [-0.2, 0) is 4.79 Å². The number of carboxylic acids is 1. The summed E-state index contributed by atoms with van der Waals surface area (Å²) >= 11 is 1.74. The highest BCUT2D eigenvalue weighted by atomic mass is 32.1. The first-order chi connectivity index (χ1) is 11.4. The fourth-order valence-electron chi connectivity index (χ4n) is 2.17. The number of hydrogen-bond acceptors (Lipinski definition) is 5. The minimum absolute atomic E-state index is 0.603. The fourth-order valence-corrected chi connectivity index (χ4v) is 3.18. The van der Waals surface area contributed by atoms with Crippen LogP contribution in [0.1, 0.15) is 23.8 Å². The Balaban J connectivity index is 0.000000256. The number of rotatable bonds is 2. The molecule has 0 aliphatic carbocycles. The molecule has 2 aromatic rings. The number of piperidine rings is 1. The molecule has 0 atom stereocenters. The molecule has 0 radical (unpaired) electrons. The summed E-state index contributed by atoms with van der Waals surface area (Å²) in [5.41, 5.74) is 1.17. The number of alkyl halides is 3. The van der Waals surface area contributed by atoms with Crippen LogP contribution in [-0.4, -0.2) is 40.5 Å². The molecule has 5 nitrogen and oxygen atoms in total. The van der Waals surface area contributed by atoms with Gasteiger partial charge < -0.3 is 10.4 Å². The maximum atomic E-state index is 10.6. The highest BCUT2D eigenvalue weighted by Gasteiger charge is 2.38. The molecular weight excluding hydrogens is 343 g/mol. The highest BCUT2D eigenvalue weighted by Crippen LogP contribution is 2.31. The SMILES string of the molecule is O=C(O)C(F)(F)F.c1ccc(-c2nnc(C3CCNCC3)s2)cc1. The molecule has 3 rings (SSSR count). The van der Waals surface area contributed by atoms with Crippen molar-refractivity contribution < 1.29 is 23.1 Å². The second-order valence-electron chi connectivity index (χ2n) is 5.14. The van der Waals surface area contributed by atoms with Gasteiger partial charge in [0, 0.05) is 11.5 Å². The van der Waals surface area contributed by atoms with Gasteiger partial charge in [-0.2, -0.15) is 13.2 Å². The maximum Gasteiger partial charge on any atom is 0.490 e. The van der Waals surface area contributed by atoms with Crippen LogP contribution in [0.5, 0.6) is 0 Å². The molecule has 0 amide bonds. The Morgan fingerprint density at radius 3 is 2.29 bits per heavy atom. The van der Waals surface area contributed by atoms with Crippen molar-refractivity contribution in [1.29, 1.82) is 0 Å². The van der Waals surface area contributed by atoms with Crippen LogP contribution in [0.2, 0.25) is 0 Å². The van der Waals surface area contributed by atoms with Gasteiger partial charge in [0.1, 0.15) is 10.0 Å². The number of aromatic nitrogens is 2. The van der Waals surface area contributed by atoms with Gasteiger partial charge in [-0.25, -0.2) is 4.79 Å². The molecule has 24 heavy (non-hydrogen) atoms. The lowest BCUT2D eigenvalue weighted by molar-refractivity contribution is -0.192. The van der Waals surface area contributed by atoms with E-state index in [2.05, 4.69) is 27.6 Å². The van der Waals surface area contributed by atoms with Crippen LogP contribution in [0, 0.1) is 0 Å². The third-order valence-electron chi connectivity index (χ3n) is 3.39. The first kappa shape index (κ1) is 18.3. The molecule has 2 N–H and O–H groups in total. The second kappa shape index (κ2) is 8.20. The summed E-state index contributed by atoms with van der Waals surface area (Å²) in [6.07, 6.45) is -2.72. The van der Waals surface area contributed by atoms with E-state index in [-0.39, 0.29) is 0 Å². The molecule has 0 unspecified atom stereocenters. The number of hydrogen-bond donors (Lipinski definition) is 2. The summed E-state index contributed by atoms with van der Waals surface area (Å²) in [4.78, 5) is 8.90. The van der Waals surface area contributed by atoms with Crippen LogP contribution in [0.15, 0.2) is 30.3 Å². The maximum absolute atomic E-state index is 10.6.